The quantitative estimate of drug-likeness (QED) is 0.847. The van der Waals surface area contributed by atoms with E-state index in [9.17, 15) is 9.59 Å². The summed E-state index contributed by atoms with van der Waals surface area (Å²) < 4.78 is 13.5. The first-order valence-corrected chi connectivity index (χ1v) is 6.80. The van der Waals surface area contributed by atoms with Gasteiger partial charge >= 0.3 is 11.9 Å². The topological polar surface area (TPSA) is 83.8 Å². The van der Waals surface area contributed by atoms with Crippen molar-refractivity contribution in [2.45, 2.75) is 19.8 Å². The molecule has 0 unspecified atom stereocenters. The highest BCUT2D eigenvalue weighted by atomic mass is 16.5. The first-order valence-electron chi connectivity index (χ1n) is 7.30. The van der Waals surface area contributed by atoms with E-state index in [-0.39, 0.29) is 16.9 Å². The van der Waals surface area contributed by atoms with Gasteiger partial charge < -0.3 is 14.9 Å². The highest BCUT2D eigenvalue weighted by Gasteiger charge is 2.17. The van der Waals surface area contributed by atoms with Gasteiger partial charge in [0.05, 0.1) is 12.5 Å². The molecular formula is C17H16O5. The molecule has 0 spiro atoms. The lowest BCUT2D eigenvalue weighted by molar-refractivity contribution is 0.0651. The Hall–Kier alpha value is -2.82. The number of hydrogen-bond donors (Lipinski definition) is 2. The highest BCUT2D eigenvalue weighted by Crippen LogP contribution is 2.25. The van der Waals surface area contributed by atoms with Crippen LogP contribution in [0.3, 0.4) is 0 Å². The fourth-order valence-corrected chi connectivity index (χ4v) is 2.02. The van der Waals surface area contributed by atoms with Gasteiger partial charge in [0.25, 0.3) is 0 Å². The average Bonchev–Trinajstić information content (AvgIpc) is 2.50. The molecule has 0 heterocycles. The van der Waals surface area contributed by atoms with E-state index < -0.39 is 11.9 Å². The van der Waals surface area contributed by atoms with Gasteiger partial charge in [-0.3, -0.25) is 0 Å². The Balaban J connectivity index is 2.30. The molecule has 2 N–H and O–H groups in total. The number of carboxylic acid groups (broad SMARTS) is 2. The third kappa shape index (κ3) is 3.63. The summed E-state index contributed by atoms with van der Waals surface area (Å²) in [6.07, 6.45) is 1.74. The summed E-state index contributed by atoms with van der Waals surface area (Å²) in [5.74, 6) is -2.05. The van der Waals surface area contributed by atoms with Crippen LogP contribution >= 0.6 is 0 Å². The van der Waals surface area contributed by atoms with Crippen molar-refractivity contribution < 1.29 is 25.9 Å². The molecule has 2 rings (SSSR count). The van der Waals surface area contributed by atoms with Crippen LogP contribution in [0.5, 0.6) is 11.5 Å². The Kier molecular flexibility index (Phi) is 4.34. The van der Waals surface area contributed by atoms with Gasteiger partial charge in [-0.05, 0) is 42.3 Å². The van der Waals surface area contributed by atoms with Crippen LogP contribution in [0, 0.1) is 0 Å². The number of benzene rings is 2. The average molecular weight is 301 g/mol. The number of carbonyl (C=O) groups is 2. The number of rotatable bonds is 6. The highest BCUT2D eigenvalue weighted by molar-refractivity contribution is 6.02. The second-order valence-electron chi connectivity index (χ2n) is 4.72. The normalized spacial score (nSPS) is 10.9. The lowest BCUT2D eigenvalue weighted by Gasteiger charge is -2.09. The molecule has 0 aliphatic rings. The van der Waals surface area contributed by atoms with Crippen molar-refractivity contribution in [2.75, 3.05) is 0 Å². The molecule has 0 aromatic heterocycles. The van der Waals surface area contributed by atoms with E-state index in [2.05, 4.69) is 0 Å². The van der Waals surface area contributed by atoms with Crippen LogP contribution in [0.4, 0.5) is 0 Å². The van der Waals surface area contributed by atoms with Crippen LogP contribution in [0.15, 0.2) is 42.4 Å². The third-order valence-electron chi connectivity index (χ3n) is 3.06. The molecule has 0 radical (unpaired) electrons. The molecule has 0 aliphatic carbocycles. The van der Waals surface area contributed by atoms with Crippen LogP contribution in [0.1, 0.15) is 41.0 Å². The maximum atomic E-state index is 11.2. The van der Waals surface area contributed by atoms with Gasteiger partial charge in [0.2, 0.25) is 0 Å². The van der Waals surface area contributed by atoms with E-state index >= 15 is 0 Å². The Bertz CT molecular complexity index is 755. The van der Waals surface area contributed by atoms with Crippen molar-refractivity contribution in [1.29, 1.82) is 0 Å². The van der Waals surface area contributed by atoms with Gasteiger partial charge in [-0.2, -0.15) is 0 Å². The van der Waals surface area contributed by atoms with E-state index in [0.29, 0.717) is 11.8 Å². The van der Waals surface area contributed by atoms with Crippen molar-refractivity contribution in [3.05, 3.63) is 59.1 Å². The van der Waals surface area contributed by atoms with Crippen molar-refractivity contribution in [3.8, 4) is 11.5 Å². The van der Waals surface area contributed by atoms with Crippen LogP contribution in [-0.4, -0.2) is 22.2 Å². The van der Waals surface area contributed by atoms with E-state index in [4.69, 9.17) is 16.3 Å². The molecule has 0 saturated carbocycles. The molecule has 0 fully saturated rings. The number of ether oxygens (including phenoxy) is 1. The third-order valence-corrected chi connectivity index (χ3v) is 3.06. The zero-order valence-electron chi connectivity index (χ0n) is 13.0. The van der Waals surface area contributed by atoms with E-state index in [1.807, 2.05) is 6.92 Å². The van der Waals surface area contributed by atoms with Gasteiger partial charge in [0.1, 0.15) is 11.5 Å². The molecule has 0 saturated heterocycles. The summed E-state index contributed by atoms with van der Waals surface area (Å²) in [6, 6.07) is 9.14. The van der Waals surface area contributed by atoms with Crippen molar-refractivity contribution in [3.63, 3.8) is 0 Å². The van der Waals surface area contributed by atoms with Crippen LogP contribution in [0.2, 0.25) is 0 Å². The second kappa shape index (κ2) is 6.76. The second-order valence-corrected chi connectivity index (χ2v) is 4.72. The monoisotopic (exact) mass is 301 g/mol. The maximum absolute atomic E-state index is 11.2. The van der Waals surface area contributed by atoms with Gasteiger partial charge in [0.15, 0.2) is 0 Å². The molecule has 2 aromatic rings. The molecule has 0 aliphatic heterocycles. The van der Waals surface area contributed by atoms with Crippen molar-refractivity contribution in [1.82, 2.24) is 0 Å². The Morgan fingerprint density at radius 3 is 2.32 bits per heavy atom. The predicted octanol–water partition coefficient (Wildman–Crippen LogP) is 3.83. The molecule has 5 heteroatoms. The van der Waals surface area contributed by atoms with Crippen LogP contribution < -0.4 is 4.74 Å². The van der Waals surface area contributed by atoms with E-state index in [0.717, 1.165) is 24.5 Å². The number of aryl methyl sites for hydroxylation is 1. The Morgan fingerprint density at radius 1 is 1.05 bits per heavy atom. The van der Waals surface area contributed by atoms with E-state index in [1.165, 1.54) is 12.1 Å². The maximum Gasteiger partial charge on any atom is 0.336 e. The zero-order valence-corrected chi connectivity index (χ0v) is 12.0. The largest absolute Gasteiger partial charge is 0.478 e. The fourth-order valence-electron chi connectivity index (χ4n) is 2.02. The first kappa shape index (κ1) is 14.1. The van der Waals surface area contributed by atoms with Crippen LogP contribution in [-0.2, 0) is 6.42 Å². The Labute approximate surface area is 129 Å². The summed E-state index contributed by atoms with van der Waals surface area (Å²) in [6.45, 7) is 2.03. The summed E-state index contributed by atoms with van der Waals surface area (Å²) in [4.78, 5) is 22.2. The molecule has 22 heavy (non-hydrogen) atoms. The SMILES string of the molecule is [2H]c1cc(Oc2ccc(C(=O)O)c(C(=O)O)c2)ccc1CCC. The smallest absolute Gasteiger partial charge is 0.336 e. The summed E-state index contributed by atoms with van der Waals surface area (Å²) >= 11 is 0. The van der Waals surface area contributed by atoms with Crippen molar-refractivity contribution in [2.24, 2.45) is 0 Å². The lowest BCUT2D eigenvalue weighted by Crippen LogP contribution is -2.07. The molecule has 0 bridgehead atoms. The van der Waals surface area contributed by atoms with Gasteiger partial charge in [-0.1, -0.05) is 25.5 Å². The molecular weight excluding hydrogens is 284 g/mol. The standard InChI is InChI=1S/C17H16O5/c1-2-3-11-4-6-12(7-5-11)22-13-8-9-14(16(18)19)15(10-13)17(20)21/h4-10H,2-3H2,1H3,(H,18,19)(H,20,21)/i4D. The zero-order chi connectivity index (χ0) is 17.0. The molecule has 114 valence electrons. The molecule has 5 nitrogen and oxygen atoms in total. The minimum atomic E-state index is -1.34. The Morgan fingerprint density at radius 2 is 1.73 bits per heavy atom. The number of aromatic carboxylic acids is 2. The minimum absolute atomic E-state index is 0.204. The summed E-state index contributed by atoms with van der Waals surface area (Å²) in [5, 5.41) is 18.1. The van der Waals surface area contributed by atoms with Gasteiger partial charge in [-0.15, -0.1) is 0 Å². The van der Waals surface area contributed by atoms with Crippen molar-refractivity contribution >= 4 is 11.9 Å². The number of hydrogen-bond acceptors (Lipinski definition) is 3. The predicted molar refractivity (Wildman–Crippen MR) is 80.9 cm³/mol. The fraction of sp³-hybridized carbons (Fsp3) is 0.176. The summed E-state index contributed by atoms with van der Waals surface area (Å²) in [5.41, 5.74) is 0.264. The molecule has 0 amide bonds. The molecule has 2 aromatic carbocycles. The first-order chi connectivity index (χ1) is 10.9. The van der Waals surface area contributed by atoms with Gasteiger partial charge in [-0.25, -0.2) is 9.59 Å². The minimum Gasteiger partial charge on any atom is -0.478 e. The summed E-state index contributed by atoms with van der Waals surface area (Å²) in [7, 11) is 0. The lowest BCUT2D eigenvalue weighted by atomic mass is 10.1. The van der Waals surface area contributed by atoms with E-state index in [1.54, 1.807) is 18.2 Å². The number of carboxylic acids is 2. The van der Waals surface area contributed by atoms with Crippen LogP contribution in [0.25, 0.3) is 0 Å². The molecule has 0 atom stereocenters. The van der Waals surface area contributed by atoms with Gasteiger partial charge in [0, 0.05) is 0 Å².